The van der Waals surface area contributed by atoms with Crippen molar-refractivity contribution in [1.29, 1.82) is 5.26 Å². The van der Waals surface area contributed by atoms with E-state index in [1.54, 1.807) is 24.1 Å². The van der Waals surface area contributed by atoms with Crippen molar-refractivity contribution in [3.05, 3.63) is 33.8 Å². The minimum absolute atomic E-state index is 0.0104. The number of carbonyl (C=O) groups excluding carboxylic acids is 1. The highest BCUT2D eigenvalue weighted by Gasteiger charge is 2.09. The van der Waals surface area contributed by atoms with E-state index in [-0.39, 0.29) is 5.91 Å². The molecule has 1 rings (SSSR count). The second-order valence-corrected chi connectivity index (χ2v) is 4.80. The van der Waals surface area contributed by atoms with Crippen LogP contribution in [0.4, 0.5) is 0 Å². The minimum atomic E-state index is 0.0104. The summed E-state index contributed by atoms with van der Waals surface area (Å²) in [7, 11) is 1.70. The maximum absolute atomic E-state index is 11.7. The molecule has 96 valence electrons. The molecule has 0 aliphatic heterocycles. The molecule has 0 N–H and O–H groups in total. The number of rotatable bonds is 5. The van der Waals surface area contributed by atoms with Crippen LogP contribution < -0.4 is 0 Å². The SMILES string of the molecule is CN(CCC#N)C(=O)CCc1ccc(Cl)cc1Cl. The highest BCUT2D eigenvalue weighted by Crippen LogP contribution is 2.22. The van der Waals surface area contributed by atoms with E-state index < -0.39 is 0 Å². The fraction of sp³-hybridized carbons (Fsp3) is 0.385. The van der Waals surface area contributed by atoms with Crippen molar-refractivity contribution < 1.29 is 4.79 Å². The van der Waals surface area contributed by atoms with Crippen molar-refractivity contribution in [2.75, 3.05) is 13.6 Å². The van der Waals surface area contributed by atoms with Crippen LogP contribution in [0.3, 0.4) is 0 Å². The molecule has 1 amide bonds. The van der Waals surface area contributed by atoms with Crippen LogP contribution in [0.2, 0.25) is 10.0 Å². The number of halogens is 2. The van der Waals surface area contributed by atoms with E-state index in [0.717, 1.165) is 5.56 Å². The molecule has 0 unspecified atom stereocenters. The largest absolute Gasteiger partial charge is 0.345 e. The van der Waals surface area contributed by atoms with Crippen molar-refractivity contribution in [2.45, 2.75) is 19.3 Å². The summed E-state index contributed by atoms with van der Waals surface area (Å²) in [6.45, 7) is 0.462. The smallest absolute Gasteiger partial charge is 0.222 e. The number of hydrogen-bond donors (Lipinski definition) is 0. The van der Waals surface area contributed by atoms with Gasteiger partial charge in [0.1, 0.15) is 0 Å². The van der Waals surface area contributed by atoms with Gasteiger partial charge in [-0.2, -0.15) is 5.26 Å². The molecule has 0 atom stereocenters. The number of nitriles is 1. The Labute approximate surface area is 117 Å². The molecule has 0 aliphatic carbocycles. The molecular weight excluding hydrogens is 271 g/mol. The van der Waals surface area contributed by atoms with E-state index in [2.05, 4.69) is 0 Å². The normalized spacial score (nSPS) is 9.89. The van der Waals surface area contributed by atoms with E-state index in [1.807, 2.05) is 12.1 Å². The van der Waals surface area contributed by atoms with Gasteiger partial charge in [0.2, 0.25) is 5.91 Å². The third-order valence-corrected chi connectivity index (χ3v) is 3.20. The fourth-order valence-electron chi connectivity index (χ4n) is 1.50. The molecule has 0 saturated heterocycles. The Bertz CT molecular complexity index is 469. The van der Waals surface area contributed by atoms with E-state index in [0.29, 0.717) is 35.9 Å². The molecular formula is C13H14Cl2N2O. The molecule has 0 heterocycles. The van der Waals surface area contributed by atoms with Gasteiger partial charge in [0.05, 0.1) is 12.5 Å². The Kier molecular flexibility index (Phi) is 5.97. The van der Waals surface area contributed by atoms with Crippen LogP contribution in [0.5, 0.6) is 0 Å². The Morgan fingerprint density at radius 3 is 2.78 bits per heavy atom. The summed E-state index contributed by atoms with van der Waals surface area (Å²) < 4.78 is 0. The zero-order chi connectivity index (χ0) is 13.5. The molecule has 18 heavy (non-hydrogen) atoms. The number of aryl methyl sites for hydroxylation is 1. The van der Waals surface area contributed by atoms with Gasteiger partial charge in [-0.15, -0.1) is 0 Å². The van der Waals surface area contributed by atoms with Gasteiger partial charge in [-0.3, -0.25) is 4.79 Å². The summed E-state index contributed by atoms with van der Waals surface area (Å²) in [5, 5.41) is 9.61. The first-order chi connectivity index (χ1) is 8.54. The number of hydrogen-bond acceptors (Lipinski definition) is 2. The topological polar surface area (TPSA) is 44.1 Å². The van der Waals surface area contributed by atoms with Gasteiger partial charge in [0.15, 0.2) is 0 Å². The molecule has 0 fully saturated rings. The van der Waals surface area contributed by atoms with Gasteiger partial charge in [-0.05, 0) is 24.1 Å². The van der Waals surface area contributed by atoms with Gasteiger partial charge < -0.3 is 4.90 Å². The third-order valence-electron chi connectivity index (χ3n) is 2.61. The number of carbonyl (C=O) groups is 1. The summed E-state index contributed by atoms with van der Waals surface area (Å²) in [5.41, 5.74) is 0.906. The van der Waals surface area contributed by atoms with E-state index in [9.17, 15) is 4.79 Å². The maximum atomic E-state index is 11.7. The molecule has 1 aromatic carbocycles. The highest BCUT2D eigenvalue weighted by atomic mass is 35.5. The van der Waals surface area contributed by atoms with E-state index >= 15 is 0 Å². The molecule has 5 heteroatoms. The van der Waals surface area contributed by atoms with Crippen LogP contribution >= 0.6 is 23.2 Å². The van der Waals surface area contributed by atoms with Crippen LogP contribution in [0.1, 0.15) is 18.4 Å². The third kappa shape index (κ3) is 4.56. The van der Waals surface area contributed by atoms with Crippen LogP contribution in [-0.4, -0.2) is 24.4 Å². The molecule has 0 saturated carbocycles. The summed E-state index contributed by atoms with van der Waals surface area (Å²) in [4.78, 5) is 13.3. The Balaban J connectivity index is 2.50. The quantitative estimate of drug-likeness (QED) is 0.833. The van der Waals surface area contributed by atoms with Gasteiger partial charge in [-0.25, -0.2) is 0 Å². The van der Waals surface area contributed by atoms with Gasteiger partial charge >= 0.3 is 0 Å². The summed E-state index contributed by atoms with van der Waals surface area (Å²) >= 11 is 11.8. The lowest BCUT2D eigenvalue weighted by Crippen LogP contribution is -2.27. The summed E-state index contributed by atoms with van der Waals surface area (Å²) in [6.07, 6.45) is 1.30. The number of benzene rings is 1. The number of amides is 1. The molecule has 0 spiro atoms. The second kappa shape index (κ2) is 7.25. The molecule has 1 aromatic rings. The maximum Gasteiger partial charge on any atom is 0.222 e. The first-order valence-corrected chi connectivity index (χ1v) is 6.35. The van der Waals surface area contributed by atoms with Crippen LogP contribution in [0, 0.1) is 11.3 Å². The standard InChI is InChI=1S/C13H14Cl2N2O/c1-17(8-2-7-16)13(18)6-4-10-3-5-11(14)9-12(10)15/h3,5,9H,2,4,6,8H2,1H3. The first kappa shape index (κ1) is 14.8. The zero-order valence-electron chi connectivity index (χ0n) is 10.1. The lowest BCUT2D eigenvalue weighted by Gasteiger charge is -2.15. The second-order valence-electron chi connectivity index (χ2n) is 3.96. The van der Waals surface area contributed by atoms with Crippen molar-refractivity contribution in [3.63, 3.8) is 0 Å². The molecule has 0 aromatic heterocycles. The Morgan fingerprint density at radius 1 is 1.44 bits per heavy atom. The fourth-order valence-corrected chi connectivity index (χ4v) is 2.00. The van der Waals surface area contributed by atoms with Crippen LogP contribution in [-0.2, 0) is 11.2 Å². The molecule has 3 nitrogen and oxygen atoms in total. The van der Waals surface area contributed by atoms with Gasteiger partial charge in [-0.1, -0.05) is 29.3 Å². The van der Waals surface area contributed by atoms with Gasteiger partial charge in [0, 0.05) is 30.1 Å². The zero-order valence-corrected chi connectivity index (χ0v) is 11.6. The molecule has 0 radical (unpaired) electrons. The monoisotopic (exact) mass is 284 g/mol. The predicted molar refractivity (Wildman–Crippen MR) is 72.7 cm³/mol. The minimum Gasteiger partial charge on any atom is -0.345 e. The lowest BCUT2D eigenvalue weighted by atomic mass is 10.1. The predicted octanol–water partition coefficient (Wildman–Crippen LogP) is 3.30. The molecule has 0 aliphatic rings. The van der Waals surface area contributed by atoms with Crippen LogP contribution in [0.25, 0.3) is 0 Å². The Hall–Kier alpha value is -1.24. The van der Waals surface area contributed by atoms with Crippen LogP contribution in [0.15, 0.2) is 18.2 Å². The average molecular weight is 285 g/mol. The van der Waals surface area contributed by atoms with Gasteiger partial charge in [0.25, 0.3) is 0 Å². The van der Waals surface area contributed by atoms with Crippen molar-refractivity contribution in [3.8, 4) is 6.07 Å². The average Bonchev–Trinajstić information content (AvgIpc) is 2.34. The van der Waals surface area contributed by atoms with E-state index in [4.69, 9.17) is 28.5 Å². The van der Waals surface area contributed by atoms with Crippen molar-refractivity contribution in [1.82, 2.24) is 4.90 Å². The van der Waals surface area contributed by atoms with Crippen molar-refractivity contribution >= 4 is 29.1 Å². The summed E-state index contributed by atoms with van der Waals surface area (Å²) in [5.74, 6) is 0.0104. The lowest BCUT2D eigenvalue weighted by molar-refractivity contribution is -0.129. The van der Waals surface area contributed by atoms with Crippen molar-refractivity contribution in [2.24, 2.45) is 0 Å². The summed E-state index contributed by atoms with van der Waals surface area (Å²) in [6, 6.07) is 7.27. The first-order valence-electron chi connectivity index (χ1n) is 5.59. The Morgan fingerprint density at radius 2 is 2.17 bits per heavy atom. The number of nitrogens with zero attached hydrogens (tertiary/aromatic N) is 2. The molecule has 0 bridgehead atoms. The van der Waals surface area contributed by atoms with E-state index in [1.165, 1.54) is 0 Å². The highest BCUT2D eigenvalue weighted by molar-refractivity contribution is 6.35.